The topological polar surface area (TPSA) is 114 Å². The third-order valence-corrected chi connectivity index (χ3v) is 2.46. The average Bonchev–Trinajstić information content (AvgIpc) is 2.37. The van der Waals surface area contributed by atoms with E-state index in [4.69, 9.17) is 5.73 Å². The van der Waals surface area contributed by atoms with Crippen LogP contribution in [0.2, 0.25) is 0 Å². The number of nitrogen functional groups attached to an aromatic ring is 1. The number of anilines is 2. The molecule has 0 bridgehead atoms. The number of likely N-dealkylation sites (N-methyl/N-ethyl adjacent to an activating group) is 1. The van der Waals surface area contributed by atoms with Crippen LogP contribution in [0.4, 0.5) is 17.3 Å². The number of rotatable bonds is 6. The van der Waals surface area contributed by atoms with Gasteiger partial charge in [0, 0.05) is 13.6 Å². The van der Waals surface area contributed by atoms with Gasteiger partial charge in [-0.3, -0.25) is 14.9 Å². The molecule has 1 aromatic rings. The standard InChI is InChI=1S/C11H17N5O3/c1-3-4-15(7-11(17)13-2)10-6-8(16(18)19)5-9(12)14-10/h5-6H,3-4,7H2,1-2H3,(H2,12,14)(H,13,17). The van der Waals surface area contributed by atoms with Gasteiger partial charge in [0.15, 0.2) is 0 Å². The molecule has 8 heteroatoms. The van der Waals surface area contributed by atoms with Crippen LogP contribution in [0.5, 0.6) is 0 Å². The molecular weight excluding hydrogens is 250 g/mol. The number of hydrogen-bond acceptors (Lipinski definition) is 6. The summed E-state index contributed by atoms with van der Waals surface area (Å²) >= 11 is 0. The van der Waals surface area contributed by atoms with Crippen molar-refractivity contribution in [3.63, 3.8) is 0 Å². The van der Waals surface area contributed by atoms with E-state index < -0.39 is 4.92 Å². The Balaban J connectivity index is 3.07. The van der Waals surface area contributed by atoms with E-state index in [0.29, 0.717) is 12.4 Å². The van der Waals surface area contributed by atoms with E-state index in [1.54, 1.807) is 4.90 Å². The Kier molecular flexibility index (Phi) is 5.04. The molecule has 0 radical (unpaired) electrons. The van der Waals surface area contributed by atoms with E-state index in [0.717, 1.165) is 6.42 Å². The number of hydrogen-bond donors (Lipinski definition) is 2. The maximum absolute atomic E-state index is 11.4. The maximum Gasteiger partial charge on any atom is 0.276 e. The lowest BCUT2D eigenvalue weighted by Crippen LogP contribution is -2.36. The van der Waals surface area contributed by atoms with Crippen LogP contribution in [0.25, 0.3) is 0 Å². The second kappa shape index (κ2) is 6.53. The summed E-state index contributed by atoms with van der Waals surface area (Å²) in [7, 11) is 1.53. The summed E-state index contributed by atoms with van der Waals surface area (Å²) in [5, 5.41) is 13.3. The lowest BCUT2D eigenvalue weighted by Gasteiger charge is -2.22. The SMILES string of the molecule is CCCN(CC(=O)NC)c1cc([N+](=O)[O-])cc(N)n1. The van der Waals surface area contributed by atoms with Gasteiger partial charge in [-0.25, -0.2) is 4.98 Å². The normalized spacial score (nSPS) is 10.0. The zero-order valence-electron chi connectivity index (χ0n) is 10.9. The van der Waals surface area contributed by atoms with E-state index in [-0.39, 0.29) is 24.0 Å². The predicted octanol–water partition coefficient (Wildman–Crippen LogP) is 0.534. The van der Waals surface area contributed by atoms with Gasteiger partial charge in [-0.1, -0.05) is 6.92 Å². The van der Waals surface area contributed by atoms with Crippen molar-refractivity contribution >= 4 is 23.2 Å². The van der Waals surface area contributed by atoms with Crippen molar-refractivity contribution in [2.24, 2.45) is 0 Å². The fourth-order valence-corrected chi connectivity index (χ4v) is 1.59. The molecular formula is C11H17N5O3. The molecule has 0 aromatic carbocycles. The molecule has 0 unspecified atom stereocenters. The van der Waals surface area contributed by atoms with Crippen molar-refractivity contribution in [3.05, 3.63) is 22.2 Å². The number of pyridine rings is 1. The van der Waals surface area contributed by atoms with Gasteiger partial charge in [0.2, 0.25) is 5.91 Å². The van der Waals surface area contributed by atoms with Crippen LogP contribution in [0.3, 0.4) is 0 Å². The number of nitrogens with zero attached hydrogens (tertiary/aromatic N) is 3. The van der Waals surface area contributed by atoms with Gasteiger partial charge in [0.05, 0.1) is 23.6 Å². The Morgan fingerprint density at radius 2 is 2.26 bits per heavy atom. The molecule has 0 aliphatic heterocycles. The third-order valence-electron chi connectivity index (χ3n) is 2.46. The third kappa shape index (κ3) is 4.09. The highest BCUT2D eigenvalue weighted by atomic mass is 16.6. The molecule has 1 heterocycles. The van der Waals surface area contributed by atoms with Crippen LogP contribution in [0, 0.1) is 10.1 Å². The molecule has 104 valence electrons. The molecule has 8 nitrogen and oxygen atoms in total. The lowest BCUT2D eigenvalue weighted by atomic mass is 10.3. The summed E-state index contributed by atoms with van der Waals surface area (Å²) in [6, 6.07) is 2.50. The quantitative estimate of drug-likeness (QED) is 0.574. The number of nitrogens with two attached hydrogens (primary N) is 1. The zero-order valence-corrected chi connectivity index (χ0v) is 10.9. The minimum Gasteiger partial charge on any atom is -0.383 e. The second-order valence-corrected chi connectivity index (χ2v) is 3.96. The van der Waals surface area contributed by atoms with Crippen LogP contribution in [-0.4, -0.2) is 36.0 Å². The first-order valence-corrected chi connectivity index (χ1v) is 5.85. The molecule has 1 rings (SSSR count). The number of amides is 1. The summed E-state index contributed by atoms with van der Waals surface area (Å²) in [4.78, 5) is 27.4. The Labute approximate surface area is 110 Å². The van der Waals surface area contributed by atoms with E-state index in [1.165, 1.54) is 19.2 Å². The molecule has 1 amide bonds. The van der Waals surface area contributed by atoms with Crippen molar-refractivity contribution in [3.8, 4) is 0 Å². The lowest BCUT2D eigenvalue weighted by molar-refractivity contribution is -0.384. The van der Waals surface area contributed by atoms with Crippen molar-refractivity contribution < 1.29 is 9.72 Å². The van der Waals surface area contributed by atoms with Crippen molar-refractivity contribution in [1.29, 1.82) is 0 Å². The van der Waals surface area contributed by atoms with Crippen LogP contribution in [0.15, 0.2) is 12.1 Å². The molecule has 0 saturated heterocycles. The van der Waals surface area contributed by atoms with Crippen LogP contribution >= 0.6 is 0 Å². The molecule has 0 saturated carbocycles. The number of aromatic nitrogens is 1. The molecule has 3 N–H and O–H groups in total. The summed E-state index contributed by atoms with van der Waals surface area (Å²) in [5.74, 6) is 0.194. The molecule has 0 aliphatic carbocycles. The Morgan fingerprint density at radius 1 is 1.58 bits per heavy atom. The van der Waals surface area contributed by atoms with Gasteiger partial charge in [0.1, 0.15) is 11.6 Å². The highest BCUT2D eigenvalue weighted by Crippen LogP contribution is 2.21. The molecule has 0 aliphatic rings. The smallest absolute Gasteiger partial charge is 0.276 e. The second-order valence-electron chi connectivity index (χ2n) is 3.96. The van der Waals surface area contributed by atoms with E-state index in [1.807, 2.05) is 6.92 Å². The molecule has 19 heavy (non-hydrogen) atoms. The Morgan fingerprint density at radius 3 is 2.79 bits per heavy atom. The molecule has 0 atom stereocenters. The zero-order chi connectivity index (χ0) is 14.4. The largest absolute Gasteiger partial charge is 0.383 e. The predicted molar refractivity (Wildman–Crippen MR) is 71.9 cm³/mol. The number of carbonyl (C=O) groups excluding carboxylic acids is 1. The van der Waals surface area contributed by atoms with Gasteiger partial charge in [-0.2, -0.15) is 0 Å². The van der Waals surface area contributed by atoms with Crippen molar-refractivity contribution in [1.82, 2.24) is 10.3 Å². The summed E-state index contributed by atoms with van der Waals surface area (Å²) in [6.45, 7) is 2.58. The summed E-state index contributed by atoms with van der Waals surface area (Å²) < 4.78 is 0. The summed E-state index contributed by atoms with van der Waals surface area (Å²) in [5.41, 5.74) is 5.41. The minimum atomic E-state index is -0.536. The number of nitro groups is 1. The first kappa shape index (κ1) is 14.7. The highest BCUT2D eigenvalue weighted by Gasteiger charge is 2.16. The monoisotopic (exact) mass is 267 g/mol. The van der Waals surface area contributed by atoms with Crippen LogP contribution < -0.4 is 16.0 Å². The van der Waals surface area contributed by atoms with Crippen LogP contribution in [0.1, 0.15) is 13.3 Å². The van der Waals surface area contributed by atoms with Gasteiger partial charge in [-0.05, 0) is 6.42 Å². The van der Waals surface area contributed by atoms with Gasteiger partial charge >= 0.3 is 0 Å². The van der Waals surface area contributed by atoms with Crippen molar-refractivity contribution in [2.45, 2.75) is 13.3 Å². The van der Waals surface area contributed by atoms with E-state index in [2.05, 4.69) is 10.3 Å². The Hall–Kier alpha value is -2.38. The first-order chi connectivity index (χ1) is 8.97. The average molecular weight is 267 g/mol. The fourth-order valence-electron chi connectivity index (χ4n) is 1.59. The van der Waals surface area contributed by atoms with Crippen molar-refractivity contribution in [2.75, 3.05) is 30.8 Å². The van der Waals surface area contributed by atoms with E-state index in [9.17, 15) is 14.9 Å². The highest BCUT2D eigenvalue weighted by molar-refractivity contribution is 5.80. The Bertz CT molecular complexity index is 477. The van der Waals surface area contributed by atoms with Crippen LogP contribution in [-0.2, 0) is 4.79 Å². The molecule has 0 spiro atoms. The minimum absolute atomic E-state index is 0.0576. The van der Waals surface area contributed by atoms with Gasteiger partial charge in [-0.15, -0.1) is 0 Å². The van der Waals surface area contributed by atoms with Gasteiger partial charge in [0.25, 0.3) is 5.69 Å². The number of nitrogens with one attached hydrogen (secondary N) is 1. The first-order valence-electron chi connectivity index (χ1n) is 5.85. The van der Waals surface area contributed by atoms with E-state index >= 15 is 0 Å². The summed E-state index contributed by atoms with van der Waals surface area (Å²) in [6.07, 6.45) is 0.779. The fraction of sp³-hybridized carbons (Fsp3) is 0.455. The van der Waals surface area contributed by atoms with Gasteiger partial charge < -0.3 is 16.0 Å². The number of carbonyl (C=O) groups is 1. The molecule has 0 fully saturated rings. The molecule has 1 aromatic heterocycles. The maximum atomic E-state index is 11.4.